The van der Waals surface area contributed by atoms with Crippen LogP contribution in [0.3, 0.4) is 0 Å². The van der Waals surface area contributed by atoms with E-state index in [1.54, 1.807) is 13.2 Å². The number of unbranched alkanes of at least 4 members (excludes halogenated alkanes) is 1. The fraction of sp³-hybridized carbons (Fsp3) is 0.217. The van der Waals surface area contributed by atoms with Crippen LogP contribution in [0.5, 0.6) is 5.75 Å². The molecule has 0 bridgehead atoms. The summed E-state index contributed by atoms with van der Waals surface area (Å²) in [5, 5.41) is 13.7. The maximum Gasteiger partial charge on any atom is 0.255 e. The van der Waals surface area contributed by atoms with Crippen molar-refractivity contribution in [2.24, 2.45) is 0 Å². The van der Waals surface area contributed by atoms with Gasteiger partial charge in [-0.15, -0.1) is 0 Å². The zero-order valence-electron chi connectivity index (χ0n) is 16.1. The van der Waals surface area contributed by atoms with E-state index in [0.717, 1.165) is 40.4 Å². The Labute approximate surface area is 163 Å². The Morgan fingerprint density at radius 3 is 2.71 bits per heavy atom. The van der Waals surface area contributed by atoms with Gasteiger partial charge in [-0.3, -0.25) is 9.89 Å². The minimum Gasteiger partial charge on any atom is -0.495 e. The van der Waals surface area contributed by atoms with E-state index < -0.39 is 0 Å². The molecule has 0 saturated carbocycles. The maximum atomic E-state index is 12.7. The van der Waals surface area contributed by atoms with Crippen LogP contribution in [-0.4, -0.2) is 29.8 Å². The van der Waals surface area contributed by atoms with Gasteiger partial charge in [-0.05, 0) is 35.4 Å². The van der Waals surface area contributed by atoms with Crippen molar-refractivity contribution >= 4 is 27.6 Å². The van der Waals surface area contributed by atoms with Crippen molar-refractivity contribution in [2.75, 3.05) is 13.7 Å². The highest BCUT2D eigenvalue weighted by molar-refractivity contribution is 6.07. The zero-order chi connectivity index (χ0) is 19.5. The van der Waals surface area contributed by atoms with Crippen molar-refractivity contribution in [3.8, 4) is 17.0 Å². The molecule has 0 aliphatic heterocycles. The Kier molecular flexibility index (Phi) is 4.98. The van der Waals surface area contributed by atoms with Gasteiger partial charge in [0.15, 0.2) is 0 Å². The molecule has 4 rings (SSSR count). The van der Waals surface area contributed by atoms with Gasteiger partial charge in [-0.25, -0.2) is 0 Å². The van der Waals surface area contributed by atoms with Gasteiger partial charge in [-0.1, -0.05) is 49.7 Å². The highest BCUT2D eigenvalue weighted by Gasteiger charge is 2.20. The molecule has 0 spiro atoms. The predicted octanol–water partition coefficient (Wildman–Crippen LogP) is 4.92. The molecule has 3 aromatic carbocycles. The van der Waals surface area contributed by atoms with Crippen molar-refractivity contribution in [1.82, 2.24) is 15.5 Å². The van der Waals surface area contributed by atoms with Gasteiger partial charge >= 0.3 is 0 Å². The fourth-order valence-electron chi connectivity index (χ4n) is 3.50. The van der Waals surface area contributed by atoms with E-state index in [-0.39, 0.29) is 5.91 Å². The third-order valence-electron chi connectivity index (χ3n) is 4.98. The Morgan fingerprint density at radius 2 is 1.93 bits per heavy atom. The van der Waals surface area contributed by atoms with Crippen LogP contribution in [-0.2, 0) is 0 Å². The average Bonchev–Trinajstić information content (AvgIpc) is 3.17. The number of aromatic nitrogens is 2. The Morgan fingerprint density at radius 1 is 1.11 bits per heavy atom. The van der Waals surface area contributed by atoms with Crippen LogP contribution in [0.1, 0.15) is 30.1 Å². The van der Waals surface area contributed by atoms with Crippen LogP contribution >= 0.6 is 0 Å². The van der Waals surface area contributed by atoms with Crippen molar-refractivity contribution in [3.05, 3.63) is 60.2 Å². The van der Waals surface area contributed by atoms with Gasteiger partial charge in [0.05, 0.1) is 29.3 Å². The van der Waals surface area contributed by atoms with Gasteiger partial charge in [0.1, 0.15) is 5.75 Å². The molecule has 1 heterocycles. The number of aromatic amines is 1. The number of hydrogen-bond donors (Lipinski definition) is 2. The summed E-state index contributed by atoms with van der Waals surface area (Å²) in [7, 11) is 1.59. The normalized spacial score (nSPS) is 11.1. The Bertz CT molecular complexity index is 1150. The summed E-state index contributed by atoms with van der Waals surface area (Å²) >= 11 is 0. The van der Waals surface area contributed by atoms with Crippen LogP contribution in [0, 0.1) is 0 Å². The number of amides is 1. The molecular weight excluding hydrogens is 350 g/mol. The van der Waals surface area contributed by atoms with E-state index >= 15 is 0 Å². The topological polar surface area (TPSA) is 67.0 Å². The van der Waals surface area contributed by atoms with Crippen molar-refractivity contribution in [2.45, 2.75) is 19.8 Å². The van der Waals surface area contributed by atoms with Crippen molar-refractivity contribution in [3.63, 3.8) is 0 Å². The Hall–Kier alpha value is -3.34. The number of carbonyl (C=O) groups is 1. The lowest BCUT2D eigenvalue weighted by Crippen LogP contribution is -2.24. The van der Waals surface area contributed by atoms with Gasteiger partial charge in [0.25, 0.3) is 5.91 Å². The number of carbonyl (C=O) groups excluding carboxylic acids is 1. The van der Waals surface area contributed by atoms with Gasteiger partial charge in [-0.2, -0.15) is 5.10 Å². The van der Waals surface area contributed by atoms with E-state index in [2.05, 4.69) is 52.8 Å². The van der Waals surface area contributed by atoms with Gasteiger partial charge in [0.2, 0.25) is 0 Å². The summed E-state index contributed by atoms with van der Waals surface area (Å²) in [6.45, 7) is 2.75. The predicted molar refractivity (Wildman–Crippen MR) is 113 cm³/mol. The molecule has 142 valence electrons. The van der Waals surface area contributed by atoms with Crippen LogP contribution in [0.15, 0.2) is 54.6 Å². The standard InChI is InChI=1S/C23H23N3O2/c1-3-4-13-24-23(27)18-11-12-19-20(22(18)28-2)21(26-25-19)17-10-9-15-7-5-6-8-16(15)14-17/h5-12,14H,3-4,13H2,1-2H3,(H,24,27)(H,25,26). The van der Waals surface area contributed by atoms with Crippen LogP contribution in [0.25, 0.3) is 32.9 Å². The summed E-state index contributed by atoms with van der Waals surface area (Å²) in [6.07, 6.45) is 1.98. The molecule has 4 aromatic rings. The third kappa shape index (κ3) is 3.20. The second kappa shape index (κ2) is 7.72. The second-order valence-electron chi connectivity index (χ2n) is 6.81. The SMILES string of the molecule is CCCCNC(=O)c1ccc2n[nH]c(-c3ccc4ccccc4c3)c2c1OC. The minimum atomic E-state index is -0.127. The highest BCUT2D eigenvalue weighted by Crippen LogP contribution is 2.37. The molecule has 0 fully saturated rings. The van der Waals surface area contributed by atoms with E-state index in [0.29, 0.717) is 17.9 Å². The summed E-state index contributed by atoms with van der Waals surface area (Å²) < 4.78 is 5.67. The molecule has 1 amide bonds. The van der Waals surface area contributed by atoms with Crippen molar-refractivity contribution < 1.29 is 9.53 Å². The summed E-state index contributed by atoms with van der Waals surface area (Å²) in [5.74, 6) is 0.418. The summed E-state index contributed by atoms with van der Waals surface area (Å²) in [4.78, 5) is 12.7. The highest BCUT2D eigenvalue weighted by atomic mass is 16.5. The largest absolute Gasteiger partial charge is 0.495 e. The molecule has 0 saturated heterocycles. The fourth-order valence-corrected chi connectivity index (χ4v) is 3.50. The molecule has 2 N–H and O–H groups in total. The number of hydrogen-bond acceptors (Lipinski definition) is 3. The lowest BCUT2D eigenvalue weighted by Gasteiger charge is -2.11. The molecular formula is C23H23N3O2. The quantitative estimate of drug-likeness (QED) is 0.471. The number of nitrogens with zero attached hydrogens (tertiary/aromatic N) is 1. The number of H-pyrrole nitrogens is 1. The molecule has 1 aromatic heterocycles. The first-order valence-corrected chi connectivity index (χ1v) is 9.55. The zero-order valence-corrected chi connectivity index (χ0v) is 16.1. The molecule has 28 heavy (non-hydrogen) atoms. The maximum absolute atomic E-state index is 12.7. The second-order valence-corrected chi connectivity index (χ2v) is 6.81. The number of benzene rings is 3. The van der Waals surface area contributed by atoms with Gasteiger partial charge < -0.3 is 10.1 Å². The number of ether oxygens (including phenoxy) is 1. The number of methoxy groups -OCH3 is 1. The van der Waals surface area contributed by atoms with Gasteiger partial charge in [0, 0.05) is 12.1 Å². The lowest BCUT2D eigenvalue weighted by atomic mass is 10.0. The molecule has 0 radical (unpaired) electrons. The number of nitrogens with one attached hydrogen (secondary N) is 2. The summed E-state index contributed by atoms with van der Waals surface area (Å²) in [5.41, 5.74) is 3.14. The van der Waals surface area contributed by atoms with Crippen LogP contribution in [0.2, 0.25) is 0 Å². The van der Waals surface area contributed by atoms with E-state index in [1.165, 1.54) is 5.39 Å². The Balaban J connectivity index is 1.83. The lowest BCUT2D eigenvalue weighted by molar-refractivity contribution is 0.0950. The van der Waals surface area contributed by atoms with E-state index in [1.807, 2.05) is 18.2 Å². The first kappa shape index (κ1) is 18.0. The summed E-state index contributed by atoms with van der Waals surface area (Å²) in [6, 6.07) is 18.1. The average molecular weight is 373 g/mol. The molecule has 5 nitrogen and oxygen atoms in total. The van der Waals surface area contributed by atoms with Crippen LogP contribution < -0.4 is 10.1 Å². The number of fused-ring (bicyclic) bond motifs is 2. The minimum absolute atomic E-state index is 0.127. The van der Waals surface area contributed by atoms with E-state index in [9.17, 15) is 4.79 Å². The van der Waals surface area contributed by atoms with Crippen molar-refractivity contribution in [1.29, 1.82) is 0 Å². The number of rotatable bonds is 6. The first-order valence-electron chi connectivity index (χ1n) is 9.55. The first-order chi connectivity index (χ1) is 13.7. The monoisotopic (exact) mass is 373 g/mol. The molecule has 0 unspecified atom stereocenters. The molecule has 0 atom stereocenters. The molecule has 5 heteroatoms. The molecule has 0 aliphatic carbocycles. The van der Waals surface area contributed by atoms with Crippen LogP contribution in [0.4, 0.5) is 0 Å². The molecule has 0 aliphatic rings. The smallest absolute Gasteiger partial charge is 0.255 e. The van der Waals surface area contributed by atoms with E-state index in [4.69, 9.17) is 4.74 Å². The third-order valence-corrected chi connectivity index (χ3v) is 4.98.